The zero-order chi connectivity index (χ0) is 22.3. The molecule has 2 aliphatic rings. The monoisotopic (exact) mass is 442 g/mol. The molecule has 1 unspecified atom stereocenters. The number of nitrogens with zero attached hydrogens (tertiary/aromatic N) is 4. The lowest BCUT2D eigenvalue weighted by Gasteiger charge is -2.32. The third kappa shape index (κ3) is 4.10. The second kappa shape index (κ2) is 8.10. The minimum atomic E-state index is -4.82. The van der Waals surface area contributed by atoms with Gasteiger partial charge in [0.1, 0.15) is 17.5 Å². The molecule has 2 aromatic heterocycles. The predicted molar refractivity (Wildman–Crippen MR) is 100 cm³/mol. The van der Waals surface area contributed by atoms with Crippen molar-refractivity contribution in [2.24, 2.45) is 0 Å². The lowest BCUT2D eigenvalue weighted by atomic mass is 9.92. The van der Waals surface area contributed by atoms with E-state index in [9.17, 15) is 22.4 Å². The average Bonchev–Trinajstić information content (AvgIpc) is 3.07. The molecule has 0 aromatic carbocycles. The Bertz CT molecular complexity index is 984. The summed E-state index contributed by atoms with van der Waals surface area (Å²) in [5, 5.41) is 8.84. The zero-order valence-electron chi connectivity index (χ0n) is 16.8. The highest BCUT2D eigenvalue weighted by atomic mass is 19.4. The molecule has 4 rings (SSSR count). The minimum absolute atomic E-state index is 0.0299. The number of amides is 1. The van der Waals surface area contributed by atoms with Crippen LogP contribution in [0.25, 0.3) is 5.82 Å². The van der Waals surface area contributed by atoms with E-state index in [0.29, 0.717) is 31.5 Å². The van der Waals surface area contributed by atoms with Gasteiger partial charge in [-0.3, -0.25) is 4.57 Å². The Hall–Kier alpha value is -2.69. The van der Waals surface area contributed by atoms with Crippen molar-refractivity contribution in [1.29, 1.82) is 0 Å². The Labute approximate surface area is 175 Å². The number of hydrogen-bond acceptors (Lipinski definition) is 5. The van der Waals surface area contributed by atoms with Crippen molar-refractivity contribution in [3.05, 3.63) is 40.9 Å². The fourth-order valence-corrected chi connectivity index (χ4v) is 4.26. The summed E-state index contributed by atoms with van der Waals surface area (Å²) in [5.41, 5.74) is 2.58. The molecule has 0 spiro atoms. The van der Waals surface area contributed by atoms with Gasteiger partial charge in [-0.1, -0.05) is 0 Å². The number of alkyl halides is 3. The van der Waals surface area contributed by atoms with Crippen LogP contribution in [0.5, 0.6) is 0 Å². The van der Waals surface area contributed by atoms with Crippen LogP contribution >= 0.6 is 0 Å². The molecular formula is C20H22F4N4O3. The van der Waals surface area contributed by atoms with Gasteiger partial charge in [-0.05, 0) is 37.8 Å². The first-order chi connectivity index (χ1) is 14.7. The van der Waals surface area contributed by atoms with E-state index in [4.69, 9.17) is 10.1 Å². The van der Waals surface area contributed by atoms with E-state index >= 15 is 0 Å². The smallest absolute Gasteiger partial charge is 0.427 e. The Morgan fingerprint density at radius 3 is 2.68 bits per heavy atom. The summed E-state index contributed by atoms with van der Waals surface area (Å²) in [6.45, 7) is 1.05. The number of aryl methyl sites for hydroxylation is 2. The number of hydrogen-bond donors (Lipinski definition) is 1. The first kappa shape index (κ1) is 21.5. The summed E-state index contributed by atoms with van der Waals surface area (Å²) in [7, 11) is 0. The summed E-state index contributed by atoms with van der Waals surface area (Å²) in [6.07, 6.45) is -4.92. The van der Waals surface area contributed by atoms with Gasteiger partial charge < -0.3 is 14.7 Å². The van der Waals surface area contributed by atoms with Crippen molar-refractivity contribution >= 4 is 6.09 Å². The van der Waals surface area contributed by atoms with E-state index in [0.717, 1.165) is 22.8 Å². The number of imidazole rings is 1. The molecule has 168 valence electrons. The largest absolute Gasteiger partial charge is 0.434 e. The molecule has 1 fully saturated rings. The number of fused-ring (bicyclic) bond motifs is 3. The highest BCUT2D eigenvalue weighted by Gasteiger charge is 2.43. The topological polar surface area (TPSA) is 80.5 Å². The molecule has 31 heavy (non-hydrogen) atoms. The molecule has 1 N–H and O–H groups in total. The summed E-state index contributed by atoms with van der Waals surface area (Å²) in [4.78, 5) is 22.3. The molecule has 11 heteroatoms. The molecule has 1 amide bonds. The Morgan fingerprint density at radius 1 is 1.32 bits per heavy atom. The number of likely N-dealkylation sites (tertiary alicyclic amines) is 1. The first-order valence-electron chi connectivity index (χ1n) is 10.0. The van der Waals surface area contributed by atoms with Crippen LogP contribution in [0.3, 0.4) is 0 Å². The van der Waals surface area contributed by atoms with Crippen molar-refractivity contribution in [3.63, 3.8) is 0 Å². The maximum atomic E-state index is 13.5. The summed E-state index contributed by atoms with van der Waals surface area (Å²) in [5.74, 6) is 1.16. The number of ether oxygens (including phenoxy) is 1. The molecule has 0 saturated carbocycles. The van der Waals surface area contributed by atoms with Crippen molar-refractivity contribution in [2.75, 3.05) is 19.7 Å². The molecule has 0 bridgehead atoms. The molecule has 1 atom stereocenters. The fraction of sp³-hybridized carbons (Fsp3) is 0.550. The maximum absolute atomic E-state index is 13.5. The van der Waals surface area contributed by atoms with E-state index in [1.54, 1.807) is 0 Å². The molecular weight excluding hydrogens is 420 g/mol. The quantitative estimate of drug-likeness (QED) is 0.740. The molecule has 1 saturated heterocycles. The van der Waals surface area contributed by atoms with Gasteiger partial charge in [-0.25, -0.2) is 19.2 Å². The summed E-state index contributed by atoms with van der Waals surface area (Å²) >= 11 is 0. The van der Waals surface area contributed by atoms with Crippen LogP contribution in [0.1, 0.15) is 41.5 Å². The van der Waals surface area contributed by atoms with E-state index in [2.05, 4.69) is 9.72 Å². The number of rotatable bonds is 3. The van der Waals surface area contributed by atoms with Crippen LogP contribution in [0.15, 0.2) is 12.3 Å². The normalized spacial score (nSPS) is 17.8. The molecule has 2 aliphatic heterocycles. The third-order valence-corrected chi connectivity index (χ3v) is 5.87. The third-order valence-electron chi connectivity index (χ3n) is 5.87. The Morgan fingerprint density at radius 2 is 2.03 bits per heavy atom. The van der Waals surface area contributed by atoms with Gasteiger partial charge in [0.15, 0.2) is 0 Å². The number of aliphatic hydroxyl groups excluding tert-OH is 1. The van der Waals surface area contributed by atoms with E-state index in [-0.39, 0.29) is 24.8 Å². The lowest BCUT2D eigenvalue weighted by Crippen LogP contribution is -2.44. The van der Waals surface area contributed by atoms with Gasteiger partial charge in [-0.15, -0.1) is 0 Å². The molecule has 2 aromatic rings. The SMILES string of the molecule is Cc1c(C2CCN(C(=O)OC(CO)C(F)(F)F)CC2)nc2n1-c1ncc(F)cc1CC2. The van der Waals surface area contributed by atoms with Crippen LogP contribution in [0.4, 0.5) is 22.4 Å². The highest BCUT2D eigenvalue weighted by molar-refractivity contribution is 5.68. The van der Waals surface area contributed by atoms with E-state index in [1.165, 1.54) is 17.2 Å². The zero-order valence-corrected chi connectivity index (χ0v) is 16.8. The number of carbonyl (C=O) groups is 1. The van der Waals surface area contributed by atoms with Gasteiger partial charge in [0.05, 0.1) is 18.5 Å². The van der Waals surface area contributed by atoms with E-state index < -0.39 is 25.0 Å². The van der Waals surface area contributed by atoms with Gasteiger partial charge in [0.25, 0.3) is 0 Å². The predicted octanol–water partition coefficient (Wildman–Crippen LogP) is 3.05. The van der Waals surface area contributed by atoms with Crippen LogP contribution in [-0.2, 0) is 17.6 Å². The number of piperidine rings is 1. The molecule has 7 nitrogen and oxygen atoms in total. The van der Waals surface area contributed by atoms with Crippen LogP contribution in [-0.4, -0.2) is 62.6 Å². The standard InChI is InChI=1S/C20H22F4N4O3/c1-11-17(26-16-3-2-13-8-14(21)9-25-18(13)28(11)16)12-4-6-27(7-5-12)19(30)31-15(10-29)20(22,23)24/h8-9,12,15,29H,2-7,10H2,1H3. The number of halogens is 4. The van der Waals surface area contributed by atoms with Crippen LogP contribution in [0, 0.1) is 12.7 Å². The van der Waals surface area contributed by atoms with Crippen molar-refractivity contribution < 1.29 is 32.2 Å². The molecule has 0 aliphatic carbocycles. The molecule has 4 heterocycles. The maximum Gasteiger partial charge on any atom is 0.427 e. The van der Waals surface area contributed by atoms with Crippen molar-refractivity contribution in [3.8, 4) is 5.82 Å². The van der Waals surface area contributed by atoms with Gasteiger partial charge in [0, 0.05) is 31.1 Å². The Balaban J connectivity index is 1.46. The first-order valence-corrected chi connectivity index (χ1v) is 10.0. The second-order valence-corrected chi connectivity index (χ2v) is 7.83. The van der Waals surface area contributed by atoms with Crippen LogP contribution in [0.2, 0.25) is 0 Å². The van der Waals surface area contributed by atoms with Gasteiger partial charge in [0.2, 0.25) is 6.10 Å². The number of aliphatic hydroxyl groups is 1. The summed E-state index contributed by atoms with van der Waals surface area (Å²) < 4.78 is 58.1. The Kier molecular flexibility index (Phi) is 5.63. The van der Waals surface area contributed by atoms with Crippen molar-refractivity contribution in [2.45, 2.75) is 50.8 Å². The number of pyridine rings is 1. The van der Waals surface area contributed by atoms with Crippen molar-refractivity contribution in [1.82, 2.24) is 19.4 Å². The van der Waals surface area contributed by atoms with Gasteiger partial charge >= 0.3 is 12.3 Å². The molecule has 0 radical (unpaired) electrons. The van der Waals surface area contributed by atoms with Crippen LogP contribution < -0.4 is 0 Å². The second-order valence-electron chi connectivity index (χ2n) is 7.83. The number of carbonyl (C=O) groups excluding carboxylic acids is 1. The average molecular weight is 442 g/mol. The van der Waals surface area contributed by atoms with E-state index in [1.807, 2.05) is 11.5 Å². The number of aromatic nitrogens is 3. The van der Waals surface area contributed by atoms with Gasteiger partial charge in [-0.2, -0.15) is 13.2 Å². The minimum Gasteiger partial charge on any atom is -0.434 e. The fourth-order valence-electron chi connectivity index (χ4n) is 4.26. The lowest BCUT2D eigenvalue weighted by molar-refractivity contribution is -0.214. The summed E-state index contributed by atoms with van der Waals surface area (Å²) in [6, 6.07) is 1.48. The highest BCUT2D eigenvalue weighted by Crippen LogP contribution is 2.34.